The van der Waals surface area contributed by atoms with Crippen molar-refractivity contribution in [3.63, 3.8) is 0 Å². The molecule has 0 aliphatic rings. The average molecular weight is 268 g/mol. The molecular formula is C11H16N4S2. The van der Waals surface area contributed by atoms with E-state index in [1.54, 1.807) is 22.7 Å². The first-order chi connectivity index (χ1) is 8.20. The van der Waals surface area contributed by atoms with Crippen LogP contribution < -0.4 is 10.2 Å². The third-order valence-electron chi connectivity index (χ3n) is 2.16. The van der Waals surface area contributed by atoms with E-state index >= 15 is 0 Å². The molecular weight excluding hydrogens is 252 g/mol. The molecule has 0 saturated carbocycles. The van der Waals surface area contributed by atoms with Crippen LogP contribution in [0.3, 0.4) is 0 Å². The molecule has 2 aromatic rings. The van der Waals surface area contributed by atoms with Gasteiger partial charge in [0.1, 0.15) is 0 Å². The summed E-state index contributed by atoms with van der Waals surface area (Å²) in [5.74, 6) is 0. The molecule has 6 heteroatoms. The Morgan fingerprint density at radius 1 is 1.41 bits per heavy atom. The van der Waals surface area contributed by atoms with Crippen molar-refractivity contribution in [2.45, 2.75) is 13.3 Å². The molecule has 0 radical (unpaired) electrons. The zero-order chi connectivity index (χ0) is 12.3. The Hall–Kier alpha value is -1.14. The maximum Gasteiger partial charge on any atom is 0.185 e. The van der Waals surface area contributed by atoms with Gasteiger partial charge in [0.15, 0.2) is 10.3 Å². The van der Waals surface area contributed by atoms with Gasteiger partial charge in [-0.1, -0.05) is 18.3 Å². The smallest absolute Gasteiger partial charge is 0.185 e. The molecule has 4 nitrogen and oxygen atoms in total. The molecule has 0 bridgehead atoms. The van der Waals surface area contributed by atoms with Crippen molar-refractivity contribution in [2.75, 3.05) is 30.9 Å². The summed E-state index contributed by atoms with van der Waals surface area (Å²) in [5.41, 5.74) is 1.01. The van der Waals surface area contributed by atoms with E-state index in [2.05, 4.69) is 27.6 Å². The van der Waals surface area contributed by atoms with Crippen molar-refractivity contribution in [3.8, 4) is 10.6 Å². The summed E-state index contributed by atoms with van der Waals surface area (Å²) >= 11 is 3.31. The zero-order valence-corrected chi connectivity index (χ0v) is 11.9. The van der Waals surface area contributed by atoms with Gasteiger partial charge in [0.2, 0.25) is 0 Å². The predicted octanol–water partition coefficient (Wildman–Crippen LogP) is 3.15. The molecule has 2 rings (SSSR count). The monoisotopic (exact) mass is 268 g/mol. The van der Waals surface area contributed by atoms with Crippen LogP contribution in [-0.2, 0) is 0 Å². The van der Waals surface area contributed by atoms with Crippen LogP contribution in [0.15, 0.2) is 11.6 Å². The average Bonchev–Trinajstić information content (AvgIpc) is 2.94. The van der Waals surface area contributed by atoms with E-state index < -0.39 is 0 Å². The van der Waals surface area contributed by atoms with Crippen LogP contribution in [0.5, 0.6) is 0 Å². The topological polar surface area (TPSA) is 41.1 Å². The predicted molar refractivity (Wildman–Crippen MR) is 76.3 cm³/mol. The third kappa shape index (κ3) is 2.95. The van der Waals surface area contributed by atoms with Crippen LogP contribution in [0.2, 0.25) is 0 Å². The van der Waals surface area contributed by atoms with Crippen molar-refractivity contribution >= 4 is 32.9 Å². The molecule has 0 aromatic carbocycles. The van der Waals surface area contributed by atoms with Crippen molar-refractivity contribution in [1.82, 2.24) is 9.97 Å². The minimum absolute atomic E-state index is 0.971. The minimum atomic E-state index is 0.971. The highest BCUT2D eigenvalue weighted by atomic mass is 32.1. The van der Waals surface area contributed by atoms with Crippen LogP contribution in [0.25, 0.3) is 10.6 Å². The maximum absolute atomic E-state index is 4.55. The Morgan fingerprint density at radius 2 is 2.24 bits per heavy atom. The Morgan fingerprint density at radius 3 is 2.88 bits per heavy atom. The van der Waals surface area contributed by atoms with Gasteiger partial charge in [-0.05, 0) is 6.42 Å². The van der Waals surface area contributed by atoms with Gasteiger partial charge in [-0.3, -0.25) is 0 Å². The van der Waals surface area contributed by atoms with Crippen molar-refractivity contribution < 1.29 is 0 Å². The fourth-order valence-corrected chi connectivity index (χ4v) is 2.90. The quantitative estimate of drug-likeness (QED) is 0.904. The Labute approximate surface area is 109 Å². The molecule has 0 atom stereocenters. The van der Waals surface area contributed by atoms with E-state index in [0.29, 0.717) is 0 Å². The highest BCUT2D eigenvalue weighted by Gasteiger charge is 2.09. The summed E-state index contributed by atoms with van der Waals surface area (Å²) in [6, 6.07) is 0. The first-order valence-electron chi connectivity index (χ1n) is 5.53. The minimum Gasteiger partial charge on any atom is -0.362 e. The van der Waals surface area contributed by atoms with Gasteiger partial charge in [0.25, 0.3) is 0 Å². The van der Waals surface area contributed by atoms with Gasteiger partial charge in [-0.2, -0.15) is 0 Å². The molecule has 0 fully saturated rings. The molecule has 1 N–H and O–H groups in total. The summed E-state index contributed by atoms with van der Waals surface area (Å²) in [5, 5.41) is 7.37. The second-order valence-electron chi connectivity index (χ2n) is 3.87. The van der Waals surface area contributed by atoms with Crippen LogP contribution >= 0.6 is 22.7 Å². The first kappa shape index (κ1) is 12.3. The van der Waals surface area contributed by atoms with Crippen LogP contribution in [0, 0.1) is 0 Å². The molecule has 0 aliphatic heterocycles. The highest BCUT2D eigenvalue weighted by molar-refractivity contribution is 7.19. The number of aromatic nitrogens is 2. The summed E-state index contributed by atoms with van der Waals surface area (Å²) in [7, 11) is 4.00. The number of thiazole rings is 2. The molecule has 92 valence electrons. The molecule has 0 spiro atoms. The van der Waals surface area contributed by atoms with E-state index in [1.807, 2.05) is 25.2 Å². The molecule has 2 heterocycles. The van der Waals surface area contributed by atoms with Crippen molar-refractivity contribution in [2.24, 2.45) is 0 Å². The number of nitrogens with one attached hydrogen (secondary N) is 1. The fraction of sp³-hybridized carbons (Fsp3) is 0.455. The summed E-state index contributed by atoms with van der Waals surface area (Å²) in [4.78, 5) is 12.0. The van der Waals surface area contributed by atoms with Crippen LogP contribution in [-0.4, -0.2) is 30.6 Å². The van der Waals surface area contributed by atoms with Crippen molar-refractivity contribution in [1.29, 1.82) is 0 Å². The van der Waals surface area contributed by atoms with E-state index in [4.69, 9.17) is 0 Å². The van der Waals surface area contributed by atoms with Gasteiger partial charge >= 0.3 is 0 Å². The lowest BCUT2D eigenvalue weighted by atomic mass is 10.4. The number of hydrogen-bond donors (Lipinski definition) is 1. The lowest BCUT2D eigenvalue weighted by Crippen LogP contribution is -2.07. The Kier molecular flexibility index (Phi) is 3.96. The first-order valence-corrected chi connectivity index (χ1v) is 7.23. The van der Waals surface area contributed by atoms with Crippen LogP contribution in [0.4, 0.5) is 10.3 Å². The normalized spacial score (nSPS) is 10.5. The Balaban J connectivity index is 2.13. The second-order valence-corrected chi connectivity index (χ2v) is 5.73. The van der Waals surface area contributed by atoms with E-state index in [-0.39, 0.29) is 0 Å². The van der Waals surface area contributed by atoms with E-state index in [0.717, 1.165) is 33.8 Å². The van der Waals surface area contributed by atoms with Gasteiger partial charge < -0.3 is 10.2 Å². The van der Waals surface area contributed by atoms with E-state index in [9.17, 15) is 0 Å². The summed E-state index contributed by atoms with van der Waals surface area (Å²) in [6.45, 7) is 3.12. The standard InChI is InChI=1S/C11H16N4S2/c1-4-5-12-10-14-8(7-16-10)9-6-13-11(17-9)15(2)3/h6-7H,4-5H2,1-3H3,(H,12,14). The third-order valence-corrected chi connectivity index (χ3v) is 4.15. The van der Waals surface area contributed by atoms with Crippen LogP contribution in [0.1, 0.15) is 13.3 Å². The lowest BCUT2D eigenvalue weighted by molar-refractivity contribution is 0.976. The second kappa shape index (κ2) is 5.46. The van der Waals surface area contributed by atoms with Gasteiger partial charge in [-0.25, -0.2) is 9.97 Å². The maximum atomic E-state index is 4.55. The van der Waals surface area contributed by atoms with E-state index in [1.165, 1.54) is 0 Å². The molecule has 2 aromatic heterocycles. The SMILES string of the molecule is CCCNc1nc(-c2cnc(N(C)C)s2)cs1. The van der Waals surface area contributed by atoms with Crippen molar-refractivity contribution in [3.05, 3.63) is 11.6 Å². The summed E-state index contributed by atoms with van der Waals surface area (Å²) < 4.78 is 0. The number of rotatable bonds is 5. The molecule has 17 heavy (non-hydrogen) atoms. The zero-order valence-electron chi connectivity index (χ0n) is 10.2. The highest BCUT2D eigenvalue weighted by Crippen LogP contribution is 2.32. The summed E-state index contributed by atoms with van der Waals surface area (Å²) in [6.07, 6.45) is 3.00. The largest absolute Gasteiger partial charge is 0.362 e. The molecule has 0 aliphatic carbocycles. The number of hydrogen-bond acceptors (Lipinski definition) is 6. The van der Waals surface area contributed by atoms with Gasteiger partial charge in [-0.15, -0.1) is 11.3 Å². The molecule has 0 saturated heterocycles. The molecule has 0 unspecified atom stereocenters. The lowest BCUT2D eigenvalue weighted by Gasteiger charge is -2.04. The molecule has 0 amide bonds. The fourth-order valence-electron chi connectivity index (χ4n) is 1.29. The number of nitrogens with zero attached hydrogens (tertiary/aromatic N) is 3. The number of anilines is 2. The van der Waals surface area contributed by atoms with Gasteiger partial charge in [0, 0.05) is 32.2 Å². The van der Waals surface area contributed by atoms with Gasteiger partial charge in [0.05, 0.1) is 10.6 Å². The Bertz CT molecular complexity index is 475.